The van der Waals surface area contributed by atoms with E-state index in [2.05, 4.69) is 5.32 Å². The minimum atomic E-state index is -1.21. The molecule has 0 saturated carbocycles. The van der Waals surface area contributed by atoms with Gasteiger partial charge in [0, 0.05) is 19.0 Å². The van der Waals surface area contributed by atoms with E-state index < -0.39 is 29.9 Å². The van der Waals surface area contributed by atoms with Gasteiger partial charge in [0.2, 0.25) is 0 Å². The lowest BCUT2D eigenvalue weighted by atomic mass is 10.1. The van der Waals surface area contributed by atoms with Gasteiger partial charge in [-0.1, -0.05) is 30.3 Å². The molecule has 2 atom stereocenters. The van der Waals surface area contributed by atoms with Crippen molar-refractivity contribution in [2.24, 2.45) is 5.92 Å². The normalized spacial score (nSPS) is 20.2. The second-order valence-corrected chi connectivity index (χ2v) is 7.10. The first-order chi connectivity index (χ1) is 11.7. The van der Waals surface area contributed by atoms with Gasteiger partial charge in [0.25, 0.3) is 0 Å². The second kappa shape index (κ2) is 8.18. The summed E-state index contributed by atoms with van der Waals surface area (Å²) in [5.41, 5.74) is 0.249. The molecule has 7 heteroatoms. The van der Waals surface area contributed by atoms with E-state index in [1.165, 1.54) is 4.90 Å². The zero-order chi connectivity index (χ0) is 18.4. The lowest BCUT2D eigenvalue weighted by molar-refractivity contribution is 0.0281. The standard InChI is InChI=1S/C18H25FN2O4/c1-18(2,3)25-17(23)21-10-14(15(19)11-21)9-20-16(22)24-12-13-7-5-4-6-8-13/h4-8,14-15H,9-12H2,1-3H3,(H,20,22). The number of hydrogen-bond acceptors (Lipinski definition) is 4. The Balaban J connectivity index is 1.73. The summed E-state index contributed by atoms with van der Waals surface area (Å²) in [7, 11) is 0. The molecule has 1 aliphatic rings. The molecule has 1 saturated heterocycles. The molecule has 1 N–H and O–H groups in total. The van der Waals surface area contributed by atoms with Gasteiger partial charge in [-0.3, -0.25) is 0 Å². The maximum absolute atomic E-state index is 14.1. The van der Waals surface area contributed by atoms with Crippen molar-refractivity contribution in [2.45, 2.75) is 39.2 Å². The van der Waals surface area contributed by atoms with Crippen LogP contribution in [-0.4, -0.2) is 48.5 Å². The number of nitrogens with one attached hydrogen (secondary N) is 1. The monoisotopic (exact) mass is 352 g/mol. The molecule has 2 amide bonds. The summed E-state index contributed by atoms with van der Waals surface area (Å²) in [6.07, 6.45) is -2.35. The number of carbonyl (C=O) groups is 2. The van der Waals surface area contributed by atoms with Gasteiger partial charge in [-0.05, 0) is 26.3 Å². The van der Waals surface area contributed by atoms with Gasteiger partial charge in [-0.2, -0.15) is 0 Å². The van der Waals surface area contributed by atoms with E-state index in [0.717, 1.165) is 5.56 Å². The number of alkyl halides is 1. The van der Waals surface area contributed by atoms with Crippen molar-refractivity contribution >= 4 is 12.2 Å². The minimum Gasteiger partial charge on any atom is -0.445 e. The number of alkyl carbamates (subject to hydrolysis) is 1. The fraction of sp³-hybridized carbons (Fsp3) is 0.556. The van der Waals surface area contributed by atoms with Gasteiger partial charge in [0.15, 0.2) is 0 Å². The van der Waals surface area contributed by atoms with E-state index in [4.69, 9.17) is 9.47 Å². The zero-order valence-corrected chi connectivity index (χ0v) is 14.8. The summed E-state index contributed by atoms with van der Waals surface area (Å²) >= 11 is 0. The van der Waals surface area contributed by atoms with Gasteiger partial charge in [0.1, 0.15) is 18.4 Å². The predicted molar refractivity (Wildman–Crippen MR) is 90.8 cm³/mol. The highest BCUT2D eigenvalue weighted by Crippen LogP contribution is 2.22. The van der Waals surface area contributed by atoms with E-state index in [1.54, 1.807) is 20.8 Å². The highest BCUT2D eigenvalue weighted by Gasteiger charge is 2.37. The Morgan fingerprint density at radius 2 is 1.92 bits per heavy atom. The Morgan fingerprint density at radius 3 is 2.56 bits per heavy atom. The average molecular weight is 352 g/mol. The van der Waals surface area contributed by atoms with Crippen molar-refractivity contribution in [1.29, 1.82) is 0 Å². The number of hydrogen-bond donors (Lipinski definition) is 1. The van der Waals surface area contributed by atoms with E-state index in [0.29, 0.717) is 0 Å². The number of rotatable bonds is 4. The molecular weight excluding hydrogens is 327 g/mol. The predicted octanol–water partition coefficient (Wildman–Crippen LogP) is 3.12. The van der Waals surface area contributed by atoms with Crippen LogP contribution in [0.25, 0.3) is 0 Å². The fourth-order valence-electron chi connectivity index (χ4n) is 2.49. The molecule has 2 unspecified atom stereocenters. The van der Waals surface area contributed by atoms with Gasteiger partial charge in [-0.15, -0.1) is 0 Å². The SMILES string of the molecule is CC(C)(C)OC(=O)N1CC(F)C(CNC(=O)OCc2ccccc2)C1. The molecule has 2 rings (SSSR count). The van der Waals surface area contributed by atoms with Crippen LogP contribution in [0.5, 0.6) is 0 Å². The number of likely N-dealkylation sites (tertiary alicyclic amines) is 1. The Hall–Kier alpha value is -2.31. The number of ether oxygens (including phenoxy) is 2. The molecule has 0 aromatic heterocycles. The molecule has 0 bridgehead atoms. The summed E-state index contributed by atoms with van der Waals surface area (Å²) in [5, 5.41) is 2.55. The molecule has 138 valence electrons. The topological polar surface area (TPSA) is 67.9 Å². The van der Waals surface area contributed by atoms with Crippen LogP contribution in [0.15, 0.2) is 30.3 Å². The third kappa shape index (κ3) is 6.25. The molecule has 0 radical (unpaired) electrons. The van der Waals surface area contributed by atoms with Crippen molar-refractivity contribution < 1.29 is 23.5 Å². The van der Waals surface area contributed by atoms with Crippen molar-refractivity contribution in [2.75, 3.05) is 19.6 Å². The van der Waals surface area contributed by atoms with Gasteiger partial charge < -0.3 is 19.7 Å². The van der Waals surface area contributed by atoms with Crippen molar-refractivity contribution in [1.82, 2.24) is 10.2 Å². The first-order valence-corrected chi connectivity index (χ1v) is 8.31. The van der Waals surface area contributed by atoms with Crippen LogP contribution < -0.4 is 5.32 Å². The lowest BCUT2D eigenvalue weighted by Gasteiger charge is -2.24. The van der Waals surface area contributed by atoms with Crippen LogP contribution in [-0.2, 0) is 16.1 Å². The van der Waals surface area contributed by atoms with Crippen LogP contribution in [0, 0.1) is 5.92 Å². The number of carbonyl (C=O) groups excluding carboxylic acids is 2. The van der Waals surface area contributed by atoms with E-state index in [1.807, 2.05) is 30.3 Å². The maximum Gasteiger partial charge on any atom is 0.410 e. The van der Waals surface area contributed by atoms with Crippen LogP contribution in [0.2, 0.25) is 0 Å². The molecule has 6 nitrogen and oxygen atoms in total. The molecular formula is C18H25FN2O4. The number of halogens is 1. The Morgan fingerprint density at radius 1 is 1.24 bits per heavy atom. The average Bonchev–Trinajstić information content (AvgIpc) is 2.91. The van der Waals surface area contributed by atoms with Crippen LogP contribution in [0.1, 0.15) is 26.3 Å². The zero-order valence-electron chi connectivity index (χ0n) is 14.8. The molecule has 1 fully saturated rings. The summed E-state index contributed by atoms with van der Waals surface area (Å²) < 4.78 is 24.4. The summed E-state index contributed by atoms with van der Waals surface area (Å²) in [5.74, 6) is -0.475. The van der Waals surface area contributed by atoms with Crippen molar-refractivity contribution in [3.8, 4) is 0 Å². The van der Waals surface area contributed by atoms with Crippen LogP contribution in [0.3, 0.4) is 0 Å². The largest absolute Gasteiger partial charge is 0.445 e. The summed E-state index contributed by atoms with van der Waals surface area (Å²) in [6.45, 7) is 5.71. The highest BCUT2D eigenvalue weighted by molar-refractivity contribution is 5.69. The van der Waals surface area contributed by atoms with Gasteiger partial charge in [0.05, 0.1) is 6.54 Å². The second-order valence-electron chi connectivity index (χ2n) is 7.10. The Bertz CT molecular complexity index is 588. The Kier molecular flexibility index (Phi) is 6.22. The van der Waals surface area contributed by atoms with Crippen molar-refractivity contribution in [3.05, 3.63) is 35.9 Å². The smallest absolute Gasteiger partial charge is 0.410 e. The van der Waals surface area contributed by atoms with E-state index in [-0.39, 0.29) is 26.2 Å². The van der Waals surface area contributed by atoms with E-state index >= 15 is 0 Å². The molecule has 1 aromatic rings. The van der Waals surface area contributed by atoms with Gasteiger partial charge in [-0.25, -0.2) is 14.0 Å². The third-order valence-electron chi connectivity index (χ3n) is 3.73. The van der Waals surface area contributed by atoms with Gasteiger partial charge >= 0.3 is 12.2 Å². The Labute approximate surface area is 147 Å². The molecule has 0 spiro atoms. The number of nitrogens with zero attached hydrogens (tertiary/aromatic N) is 1. The molecule has 1 aromatic carbocycles. The fourth-order valence-corrected chi connectivity index (χ4v) is 2.49. The molecule has 1 heterocycles. The quantitative estimate of drug-likeness (QED) is 0.904. The van der Waals surface area contributed by atoms with Crippen LogP contribution >= 0.6 is 0 Å². The first kappa shape index (κ1) is 19.0. The summed E-state index contributed by atoms with van der Waals surface area (Å²) in [6, 6.07) is 9.28. The van der Waals surface area contributed by atoms with E-state index in [9.17, 15) is 14.0 Å². The number of amides is 2. The first-order valence-electron chi connectivity index (χ1n) is 8.31. The summed E-state index contributed by atoms with van der Waals surface area (Å²) in [4.78, 5) is 25.0. The molecule has 0 aliphatic carbocycles. The molecule has 25 heavy (non-hydrogen) atoms. The highest BCUT2D eigenvalue weighted by atomic mass is 19.1. The minimum absolute atomic E-state index is 0.0275. The number of benzene rings is 1. The lowest BCUT2D eigenvalue weighted by Crippen LogP contribution is -2.36. The maximum atomic E-state index is 14.1. The molecule has 1 aliphatic heterocycles. The third-order valence-corrected chi connectivity index (χ3v) is 3.73. The van der Waals surface area contributed by atoms with Crippen LogP contribution in [0.4, 0.5) is 14.0 Å². The van der Waals surface area contributed by atoms with Crippen molar-refractivity contribution in [3.63, 3.8) is 0 Å².